The summed E-state index contributed by atoms with van der Waals surface area (Å²) < 4.78 is 0. The summed E-state index contributed by atoms with van der Waals surface area (Å²) in [5.41, 5.74) is 2.14. The smallest absolute Gasteiger partial charge is 0.101 e. The van der Waals surface area contributed by atoms with Gasteiger partial charge in [0.05, 0.1) is 17.4 Å². The van der Waals surface area contributed by atoms with Gasteiger partial charge < -0.3 is 5.32 Å². The largest absolute Gasteiger partial charge is 0.382 e. The fourth-order valence-corrected chi connectivity index (χ4v) is 2.49. The number of pyridine rings is 1. The molecule has 0 atom stereocenters. The highest BCUT2D eigenvalue weighted by atomic mass is 14.9. The number of nitrogens with one attached hydrogen (secondary N) is 1. The fourth-order valence-electron chi connectivity index (χ4n) is 2.49. The number of rotatable bonds is 4. The average Bonchev–Trinajstić information content (AvgIpc) is 3.17. The zero-order chi connectivity index (χ0) is 11.0. The first-order chi connectivity index (χ1) is 7.84. The Labute approximate surface area is 95.5 Å². The Morgan fingerprint density at radius 3 is 2.94 bits per heavy atom. The van der Waals surface area contributed by atoms with Crippen molar-refractivity contribution in [3.63, 3.8) is 0 Å². The number of aromatic nitrogens is 1. The van der Waals surface area contributed by atoms with Crippen molar-refractivity contribution in [3.05, 3.63) is 24.0 Å². The predicted octanol–water partition coefficient (Wildman–Crippen LogP) is 2.56. The lowest BCUT2D eigenvalue weighted by atomic mass is 10.0. The van der Waals surface area contributed by atoms with E-state index in [0.717, 1.165) is 18.2 Å². The minimum absolute atomic E-state index is 0.558. The van der Waals surface area contributed by atoms with Crippen LogP contribution in [0.4, 0.5) is 5.69 Å². The molecule has 2 aliphatic rings. The Kier molecular flexibility index (Phi) is 2.10. The Morgan fingerprint density at radius 2 is 2.31 bits per heavy atom. The standard InChI is InChI=1S/C13H15N3/c14-7-10-3-6-15-8-12(10)16-9-13(4-5-13)11-1-2-11/h3,6,8,11,16H,1-2,4-5,9H2. The van der Waals surface area contributed by atoms with Crippen molar-refractivity contribution in [2.75, 3.05) is 11.9 Å². The van der Waals surface area contributed by atoms with E-state index in [1.807, 2.05) is 0 Å². The molecule has 0 spiro atoms. The van der Waals surface area contributed by atoms with Crippen molar-refractivity contribution < 1.29 is 0 Å². The maximum absolute atomic E-state index is 8.97. The Morgan fingerprint density at radius 1 is 1.50 bits per heavy atom. The first-order valence-corrected chi connectivity index (χ1v) is 5.92. The third-order valence-electron chi connectivity index (χ3n) is 3.91. The number of hydrogen-bond donors (Lipinski definition) is 1. The molecule has 3 heteroatoms. The van der Waals surface area contributed by atoms with Gasteiger partial charge >= 0.3 is 0 Å². The van der Waals surface area contributed by atoms with Gasteiger partial charge in [-0.1, -0.05) is 0 Å². The van der Waals surface area contributed by atoms with Gasteiger partial charge in [-0.05, 0) is 43.1 Å². The predicted molar refractivity (Wildman–Crippen MR) is 61.8 cm³/mol. The molecule has 0 bridgehead atoms. The molecule has 3 rings (SSSR count). The van der Waals surface area contributed by atoms with E-state index in [-0.39, 0.29) is 0 Å². The molecule has 1 aromatic heterocycles. The maximum Gasteiger partial charge on any atom is 0.101 e. The molecule has 0 aromatic carbocycles. The molecule has 1 aromatic rings. The highest BCUT2D eigenvalue weighted by Gasteiger charge is 2.53. The molecular weight excluding hydrogens is 198 g/mol. The van der Waals surface area contributed by atoms with Crippen LogP contribution in [-0.2, 0) is 0 Å². The molecular formula is C13H15N3. The zero-order valence-electron chi connectivity index (χ0n) is 9.24. The summed E-state index contributed by atoms with van der Waals surface area (Å²) in [6, 6.07) is 3.96. The monoisotopic (exact) mass is 213 g/mol. The normalized spacial score (nSPS) is 21.2. The SMILES string of the molecule is N#Cc1ccncc1NCC1(C2CC2)CC1. The quantitative estimate of drug-likeness (QED) is 0.836. The molecule has 3 nitrogen and oxygen atoms in total. The van der Waals surface area contributed by atoms with Gasteiger partial charge in [-0.25, -0.2) is 0 Å². The van der Waals surface area contributed by atoms with Crippen LogP contribution in [-0.4, -0.2) is 11.5 Å². The third kappa shape index (κ3) is 1.65. The lowest BCUT2D eigenvalue weighted by Crippen LogP contribution is -2.17. The van der Waals surface area contributed by atoms with Crippen LogP contribution in [0.1, 0.15) is 31.2 Å². The molecule has 2 fully saturated rings. The van der Waals surface area contributed by atoms with Gasteiger partial charge in [0.2, 0.25) is 0 Å². The topological polar surface area (TPSA) is 48.7 Å². The molecule has 0 aliphatic heterocycles. The zero-order valence-corrected chi connectivity index (χ0v) is 9.24. The van der Waals surface area contributed by atoms with Crippen molar-refractivity contribution in [3.8, 4) is 6.07 Å². The molecule has 1 heterocycles. The highest BCUT2D eigenvalue weighted by Crippen LogP contribution is 2.61. The van der Waals surface area contributed by atoms with Crippen molar-refractivity contribution in [2.45, 2.75) is 25.7 Å². The lowest BCUT2D eigenvalue weighted by molar-refractivity contribution is 0.467. The van der Waals surface area contributed by atoms with Crippen LogP contribution in [0.3, 0.4) is 0 Å². The molecule has 2 aliphatic carbocycles. The van der Waals surface area contributed by atoms with Gasteiger partial charge in [-0.2, -0.15) is 5.26 Å². The summed E-state index contributed by atoms with van der Waals surface area (Å²) in [6.07, 6.45) is 8.93. The summed E-state index contributed by atoms with van der Waals surface area (Å²) in [5, 5.41) is 12.4. The molecule has 0 saturated heterocycles. The van der Waals surface area contributed by atoms with Crippen molar-refractivity contribution in [1.82, 2.24) is 4.98 Å². The van der Waals surface area contributed by atoms with Gasteiger partial charge in [0.25, 0.3) is 0 Å². The lowest BCUT2D eigenvalue weighted by Gasteiger charge is -2.16. The second-order valence-electron chi connectivity index (χ2n) is 5.02. The van der Waals surface area contributed by atoms with E-state index in [9.17, 15) is 0 Å². The van der Waals surface area contributed by atoms with Crippen LogP contribution < -0.4 is 5.32 Å². The van der Waals surface area contributed by atoms with E-state index in [2.05, 4.69) is 16.4 Å². The third-order valence-corrected chi connectivity index (χ3v) is 3.91. The summed E-state index contributed by atoms with van der Waals surface area (Å²) in [6.45, 7) is 1.01. The van der Waals surface area contributed by atoms with E-state index in [1.54, 1.807) is 18.5 Å². The summed E-state index contributed by atoms with van der Waals surface area (Å²) >= 11 is 0. The van der Waals surface area contributed by atoms with E-state index in [4.69, 9.17) is 5.26 Å². The molecule has 82 valence electrons. The first-order valence-electron chi connectivity index (χ1n) is 5.92. The van der Waals surface area contributed by atoms with E-state index >= 15 is 0 Å². The van der Waals surface area contributed by atoms with Gasteiger partial charge in [0.15, 0.2) is 0 Å². The second kappa shape index (κ2) is 3.48. The van der Waals surface area contributed by atoms with Gasteiger partial charge in [-0.15, -0.1) is 0 Å². The maximum atomic E-state index is 8.97. The van der Waals surface area contributed by atoms with E-state index in [0.29, 0.717) is 11.0 Å². The van der Waals surface area contributed by atoms with Crippen molar-refractivity contribution in [1.29, 1.82) is 5.26 Å². The summed E-state index contributed by atoms with van der Waals surface area (Å²) in [4.78, 5) is 4.06. The van der Waals surface area contributed by atoms with Crippen molar-refractivity contribution >= 4 is 5.69 Å². The van der Waals surface area contributed by atoms with Gasteiger partial charge in [-0.3, -0.25) is 4.98 Å². The Bertz CT molecular complexity index is 439. The number of nitrogens with zero attached hydrogens (tertiary/aromatic N) is 2. The van der Waals surface area contributed by atoms with E-state index in [1.165, 1.54) is 25.7 Å². The van der Waals surface area contributed by atoms with Crippen LogP contribution in [0.15, 0.2) is 18.5 Å². The van der Waals surface area contributed by atoms with Crippen molar-refractivity contribution in [2.24, 2.45) is 11.3 Å². The minimum atomic E-state index is 0.558. The van der Waals surface area contributed by atoms with Crippen LogP contribution in [0.5, 0.6) is 0 Å². The van der Waals surface area contributed by atoms with Crippen LogP contribution >= 0.6 is 0 Å². The number of hydrogen-bond acceptors (Lipinski definition) is 3. The fraction of sp³-hybridized carbons (Fsp3) is 0.538. The number of anilines is 1. The summed E-state index contributed by atoms with van der Waals surface area (Å²) in [7, 11) is 0. The minimum Gasteiger partial charge on any atom is -0.382 e. The molecule has 16 heavy (non-hydrogen) atoms. The van der Waals surface area contributed by atoms with Gasteiger partial charge in [0.1, 0.15) is 6.07 Å². The van der Waals surface area contributed by atoms with Crippen LogP contribution in [0.2, 0.25) is 0 Å². The highest BCUT2D eigenvalue weighted by molar-refractivity contribution is 5.55. The van der Waals surface area contributed by atoms with Crippen LogP contribution in [0.25, 0.3) is 0 Å². The molecule has 0 radical (unpaired) electrons. The first kappa shape index (κ1) is 9.65. The molecule has 0 amide bonds. The molecule has 0 unspecified atom stereocenters. The summed E-state index contributed by atoms with van der Waals surface area (Å²) in [5.74, 6) is 0.946. The second-order valence-corrected chi connectivity index (χ2v) is 5.02. The van der Waals surface area contributed by atoms with Crippen LogP contribution in [0, 0.1) is 22.7 Å². The van der Waals surface area contributed by atoms with E-state index < -0.39 is 0 Å². The Hall–Kier alpha value is -1.56. The number of nitriles is 1. The molecule has 2 saturated carbocycles. The average molecular weight is 213 g/mol. The molecule has 1 N–H and O–H groups in total. The Balaban J connectivity index is 1.68. The van der Waals surface area contributed by atoms with Gasteiger partial charge in [0, 0.05) is 12.7 Å².